The Morgan fingerprint density at radius 3 is 2.11 bits per heavy atom. The molecule has 0 unspecified atom stereocenters. The van der Waals surface area contributed by atoms with Crippen LogP contribution >= 0.6 is 0 Å². The van der Waals surface area contributed by atoms with E-state index in [0.29, 0.717) is 0 Å². The summed E-state index contributed by atoms with van der Waals surface area (Å²) in [4.78, 5) is 11.6. The lowest BCUT2D eigenvalue weighted by molar-refractivity contribution is -0.145. The molecule has 106 valence electrons. The molecular formula is C12H12F4O3. The number of rotatable bonds is 4. The maximum absolute atomic E-state index is 13.3. The van der Waals surface area contributed by atoms with E-state index in [1.54, 1.807) is 0 Å². The third-order valence-corrected chi connectivity index (χ3v) is 2.56. The van der Waals surface area contributed by atoms with Gasteiger partial charge < -0.3 is 9.84 Å². The topological polar surface area (TPSA) is 46.5 Å². The molecule has 1 N–H and O–H groups in total. The lowest BCUT2D eigenvalue weighted by Gasteiger charge is -2.21. The zero-order valence-corrected chi connectivity index (χ0v) is 10.3. The molecule has 0 aliphatic carbocycles. The van der Waals surface area contributed by atoms with Gasteiger partial charge >= 0.3 is 5.97 Å². The summed E-state index contributed by atoms with van der Waals surface area (Å²) < 4.78 is 56.7. The van der Waals surface area contributed by atoms with E-state index in [4.69, 9.17) is 5.11 Å². The average molecular weight is 280 g/mol. The van der Waals surface area contributed by atoms with Crippen molar-refractivity contribution in [1.82, 2.24) is 0 Å². The molecule has 0 saturated carbocycles. The van der Waals surface area contributed by atoms with Crippen molar-refractivity contribution < 1.29 is 32.2 Å². The molecule has 1 rings (SSSR count). The molecule has 0 amide bonds. The van der Waals surface area contributed by atoms with E-state index in [-0.39, 0.29) is 19.1 Å². The number of benzene rings is 1. The van der Waals surface area contributed by atoms with Crippen LogP contribution in [0.3, 0.4) is 0 Å². The Bertz CT molecular complexity index is 474. The second-order valence-electron chi connectivity index (χ2n) is 4.54. The van der Waals surface area contributed by atoms with E-state index in [9.17, 15) is 22.4 Å². The fourth-order valence-electron chi connectivity index (χ4n) is 1.25. The molecule has 1 aromatic carbocycles. The number of hydrogen-bond donors (Lipinski definition) is 1. The fraction of sp³-hybridized carbons (Fsp3) is 0.417. The van der Waals surface area contributed by atoms with Gasteiger partial charge in [-0.05, 0) is 20.3 Å². The molecule has 0 atom stereocenters. The number of esters is 1. The Morgan fingerprint density at radius 1 is 1.21 bits per heavy atom. The van der Waals surface area contributed by atoms with E-state index in [1.807, 2.05) is 0 Å². The van der Waals surface area contributed by atoms with Gasteiger partial charge in [0.15, 0.2) is 11.6 Å². The zero-order valence-electron chi connectivity index (χ0n) is 10.3. The first kappa shape index (κ1) is 15.4. The van der Waals surface area contributed by atoms with Crippen molar-refractivity contribution in [2.45, 2.75) is 20.3 Å². The lowest BCUT2D eigenvalue weighted by Crippen LogP contribution is -2.30. The number of aliphatic hydroxyl groups excluding tert-OH is 1. The van der Waals surface area contributed by atoms with Crippen molar-refractivity contribution in [3.63, 3.8) is 0 Å². The third kappa shape index (κ3) is 3.23. The van der Waals surface area contributed by atoms with E-state index >= 15 is 0 Å². The number of aliphatic hydroxyl groups is 1. The van der Waals surface area contributed by atoms with Crippen molar-refractivity contribution in [3.8, 4) is 5.75 Å². The van der Waals surface area contributed by atoms with E-state index < -0.39 is 40.4 Å². The summed E-state index contributed by atoms with van der Waals surface area (Å²) >= 11 is 0. The maximum Gasteiger partial charge on any atom is 0.317 e. The summed E-state index contributed by atoms with van der Waals surface area (Å²) in [5.41, 5.74) is -1.25. The summed E-state index contributed by atoms with van der Waals surface area (Å²) in [7, 11) is 0. The first-order valence-corrected chi connectivity index (χ1v) is 5.37. The summed E-state index contributed by atoms with van der Waals surface area (Å²) in [5, 5.41) is 8.74. The predicted molar refractivity (Wildman–Crippen MR) is 57.4 cm³/mol. The standard InChI is InChI=1S/C12H12F4O3/c1-12(2,3-4-17)11(18)19-10-8(15)6(13)5-7(14)9(10)16/h5,17H,3-4H2,1-2H3. The van der Waals surface area contributed by atoms with Gasteiger partial charge in [-0.3, -0.25) is 4.79 Å². The average Bonchev–Trinajstić information content (AvgIpc) is 2.31. The molecule has 1 aromatic rings. The van der Waals surface area contributed by atoms with Gasteiger partial charge in [-0.2, -0.15) is 8.78 Å². The van der Waals surface area contributed by atoms with Gasteiger partial charge in [0.05, 0.1) is 5.41 Å². The Kier molecular flexibility index (Phi) is 4.52. The van der Waals surface area contributed by atoms with E-state index in [2.05, 4.69) is 4.74 Å². The second kappa shape index (κ2) is 5.56. The number of halogens is 4. The van der Waals surface area contributed by atoms with Crippen LogP contribution in [0.25, 0.3) is 0 Å². The second-order valence-corrected chi connectivity index (χ2v) is 4.54. The van der Waals surface area contributed by atoms with Crippen LogP contribution in [0.5, 0.6) is 5.75 Å². The molecule has 0 fully saturated rings. The van der Waals surface area contributed by atoms with Crippen molar-refractivity contribution in [1.29, 1.82) is 0 Å². The molecule has 0 heterocycles. The molecule has 0 aliphatic heterocycles. The van der Waals surface area contributed by atoms with Gasteiger partial charge in [0.2, 0.25) is 17.4 Å². The molecular weight excluding hydrogens is 268 g/mol. The summed E-state index contributed by atoms with van der Waals surface area (Å²) in [5.74, 6) is -9.43. The minimum Gasteiger partial charge on any atom is -0.420 e. The molecule has 3 nitrogen and oxygen atoms in total. The minimum absolute atomic E-state index is 0.0148. The summed E-state index contributed by atoms with van der Waals surface area (Å²) in [6, 6.07) is 0.0148. The van der Waals surface area contributed by atoms with Crippen LogP contribution in [0, 0.1) is 28.7 Å². The molecule has 0 bridgehead atoms. The van der Waals surface area contributed by atoms with Crippen molar-refractivity contribution >= 4 is 5.97 Å². The summed E-state index contributed by atoms with van der Waals surface area (Å²) in [6.07, 6.45) is -0.0349. The zero-order chi connectivity index (χ0) is 14.8. The molecule has 7 heteroatoms. The minimum atomic E-state index is -1.79. The van der Waals surface area contributed by atoms with Gasteiger partial charge in [0.1, 0.15) is 0 Å². The summed E-state index contributed by atoms with van der Waals surface area (Å²) in [6.45, 7) is 2.36. The van der Waals surface area contributed by atoms with E-state index in [1.165, 1.54) is 13.8 Å². The molecule has 0 radical (unpaired) electrons. The van der Waals surface area contributed by atoms with E-state index in [0.717, 1.165) is 0 Å². The van der Waals surface area contributed by atoms with Crippen LogP contribution < -0.4 is 4.74 Å². The smallest absolute Gasteiger partial charge is 0.317 e. The Labute approximate surface area is 106 Å². The molecule has 0 aromatic heterocycles. The van der Waals surface area contributed by atoms with Crippen LogP contribution in [-0.4, -0.2) is 17.7 Å². The quantitative estimate of drug-likeness (QED) is 0.399. The van der Waals surface area contributed by atoms with Gasteiger partial charge in [0.25, 0.3) is 0 Å². The van der Waals surface area contributed by atoms with Gasteiger partial charge in [0, 0.05) is 12.7 Å². The molecule has 0 spiro atoms. The third-order valence-electron chi connectivity index (χ3n) is 2.56. The van der Waals surface area contributed by atoms with Crippen LogP contribution in [-0.2, 0) is 4.79 Å². The van der Waals surface area contributed by atoms with Crippen LogP contribution in [0.2, 0.25) is 0 Å². The van der Waals surface area contributed by atoms with Crippen LogP contribution in [0.4, 0.5) is 17.6 Å². The Balaban J connectivity index is 3.10. The van der Waals surface area contributed by atoms with Crippen LogP contribution in [0.1, 0.15) is 20.3 Å². The number of carbonyl (C=O) groups is 1. The predicted octanol–water partition coefficient (Wildman–Crippen LogP) is 2.56. The van der Waals surface area contributed by atoms with Gasteiger partial charge in [-0.1, -0.05) is 0 Å². The van der Waals surface area contributed by atoms with Gasteiger partial charge in [-0.15, -0.1) is 0 Å². The number of carbonyl (C=O) groups excluding carboxylic acids is 1. The highest BCUT2D eigenvalue weighted by molar-refractivity contribution is 5.78. The van der Waals surface area contributed by atoms with Crippen molar-refractivity contribution in [2.24, 2.45) is 5.41 Å². The largest absolute Gasteiger partial charge is 0.420 e. The van der Waals surface area contributed by atoms with Gasteiger partial charge in [-0.25, -0.2) is 8.78 Å². The number of ether oxygens (including phenoxy) is 1. The Hall–Kier alpha value is -1.63. The molecule has 0 saturated heterocycles. The molecule has 0 aliphatic rings. The maximum atomic E-state index is 13.3. The monoisotopic (exact) mass is 280 g/mol. The number of hydrogen-bond acceptors (Lipinski definition) is 3. The fourth-order valence-corrected chi connectivity index (χ4v) is 1.25. The van der Waals surface area contributed by atoms with Crippen molar-refractivity contribution in [3.05, 3.63) is 29.3 Å². The SMILES string of the molecule is CC(C)(CCO)C(=O)Oc1c(F)c(F)cc(F)c1F. The highest BCUT2D eigenvalue weighted by atomic mass is 19.2. The van der Waals surface area contributed by atoms with Crippen LogP contribution in [0.15, 0.2) is 6.07 Å². The highest BCUT2D eigenvalue weighted by Crippen LogP contribution is 2.30. The first-order valence-electron chi connectivity index (χ1n) is 5.37. The Morgan fingerprint density at radius 2 is 1.68 bits per heavy atom. The van der Waals surface area contributed by atoms with Crippen molar-refractivity contribution in [2.75, 3.05) is 6.61 Å². The molecule has 19 heavy (non-hydrogen) atoms. The lowest BCUT2D eigenvalue weighted by atomic mass is 9.90. The normalized spacial score (nSPS) is 11.5. The highest BCUT2D eigenvalue weighted by Gasteiger charge is 2.32. The first-order chi connectivity index (χ1) is 8.70.